The molecule has 0 bridgehead atoms. The molecule has 0 saturated carbocycles. The molecule has 0 radical (unpaired) electrons. The number of hydrogen-bond acceptors (Lipinski definition) is 3. The minimum Gasteiger partial charge on any atom is -0.493 e. The van der Waals surface area contributed by atoms with E-state index >= 15 is 0 Å². The summed E-state index contributed by atoms with van der Waals surface area (Å²) in [6.45, 7) is 7.48. The fourth-order valence-electron chi connectivity index (χ4n) is 3.44. The molecule has 4 heteroatoms. The zero-order chi connectivity index (χ0) is 22.9. The minimum absolute atomic E-state index is 0.180. The third-order valence-corrected chi connectivity index (χ3v) is 5.33. The Balaban J connectivity index is 1.52. The highest BCUT2D eigenvalue weighted by Gasteiger charge is 2.10. The fourth-order valence-corrected chi connectivity index (χ4v) is 3.44. The van der Waals surface area contributed by atoms with Crippen LogP contribution in [0.25, 0.3) is 11.1 Å². The van der Waals surface area contributed by atoms with Crippen molar-refractivity contribution in [2.75, 3.05) is 6.61 Å². The predicted molar refractivity (Wildman–Crippen MR) is 127 cm³/mol. The van der Waals surface area contributed by atoms with Crippen LogP contribution >= 0.6 is 0 Å². The summed E-state index contributed by atoms with van der Waals surface area (Å²) >= 11 is 0. The van der Waals surface area contributed by atoms with E-state index in [1.165, 1.54) is 37.5 Å². The van der Waals surface area contributed by atoms with Crippen LogP contribution in [-0.4, -0.2) is 12.6 Å². The monoisotopic (exact) mass is 434 g/mol. The lowest BCUT2D eigenvalue weighted by molar-refractivity contribution is 0.0734. The van der Waals surface area contributed by atoms with E-state index in [0.29, 0.717) is 11.7 Å². The average Bonchev–Trinajstić information content (AvgIpc) is 2.78. The van der Waals surface area contributed by atoms with Crippen LogP contribution in [-0.2, 0) is 0 Å². The molecule has 3 aromatic rings. The SMILES string of the molecule is CC(C)CCCC(C)COc1ccc(-c2ccc(OC(=O)c3cccc(F)c3)cc2)cc1. The molecule has 0 aliphatic carbocycles. The summed E-state index contributed by atoms with van der Waals surface area (Å²) in [7, 11) is 0. The van der Waals surface area contributed by atoms with Gasteiger partial charge in [-0.2, -0.15) is 0 Å². The molecule has 0 aromatic heterocycles. The maximum absolute atomic E-state index is 13.3. The number of rotatable bonds is 10. The average molecular weight is 435 g/mol. The lowest BCUT2D eigenvalue weighted by Crippen LogP contribution is -2.09. The molecule has 0 saturated heterocycles. The third-order valence-electron chi connectivity index (χ3n) is 5.33. The van der Waals surface area contributed by atoms with E-state index in [-0.39, 0.29) is 5.56 Å². The topological polar surface area (TPSA) is 35.5 Å². The molecule has 0 spiro atoms. The van der Waals surface area contributed by atoms with Crippen molar-refractivity contribution in [3.63, 3.8) is 0 Å². The van der Waals surface area contributed by atoms with Gasteiger partial charge in [-0.25, -0.2) is 9.18 Å². The Morgan fingerprint density at radius 1 is 0.844 bits per heavy atom. The summed E-state index contributed by atoms with van der Waals surface area (Å²) in [4.78, 5) is 12.2. The van der Waals surface area contributed by atoms with Crippen LogP contribution in [0.2, 0.25) is 0 Å². The molecule has 0 fully saturated rings. The number of benzene rings is 3. The zero-order valence-corrected chi connectivity index (χ0v) is 19.0. The second-order valence-electron chi connectivity index (χ2n) is 8.69. The number of ether oxygens (including phenoxy) is 2. The first-order valence-corrected chi connectivity index (χ1v) is 11.2. The summed E-state index contributed by atoms with van der Waals surface area (Å²) in [6.07, 6.45) is 3.70. The van der Waals surface area contributed by atoms with Gasteiger partial charge in [-0.15, -0.1) is 0 Å². The zero-order valence-electron chi connectivity index (χ0n) is 19.0. The Morgan fingerprint density at radius 3 is 2.06 bits per heavy atom. The van der Waals surface area contributed by atoms with E-state index < -0.39 is 11.8 Å². The van der Waals surface area contributed by atoms with E-state index in [4.69, 9.17) is 9.47 Å². The molecule has 0 amide bonds. The van der Waals surface area contributed by atoms with Crippen molar-refractivity contribution in [3.05, 3.63) is 84.2 Å². The second kappa shape index (κ2) is 11.5. The molecule has 3 rings (SSSR count). The van der Waals surface area contributed by atoms with Crippen LogP contribution in [0.15, 0.2) is 72.8 Å². The molecule has 0 aliphatic heterocycles. The number of carbonyl (C=O) groups excluding carboxylic acids is 1. The van der Waals surface area contributed by atoms with Crippen LogP contribution in [0.1, 0.15) is 50.4 Å². The Morgan fingerprint density at radius 2 is 1.47 bits per heavy atom. The van der Waals surface area contributed by atoms with Gasteiger partial charge in [0.05, 0.1) is 12.2 Å². The molecule has 32 heavy (non-hydrogen) atoms. The summed E-state index contributed by atoms with van der Waals surface area (Å²) in [5.74, 6) is 1.51. The third kappa shape index (κ3) is 7.23. The van der Waals surface area contributed by atoms with Crippen LogP contribution < -0.4 is 9.47 Å². The second-order valence-corrected chi connectivity index (χ2v) is 8.69. The number of hydrogen-bond donors (Lipinski definition) is 0. The van der Waals surface area contributed by atoms with Crippen molar-refractivity contribution in [2.45, 2.75) is 40.0 Å². The Labute approximate surface area is 190 Å². The lowest BCUT2D eigenvalue weighted by Gasteiger charge is -2.14. The van der Waals surface area contributed by atoms with Gasteiger partial charge in [-0.1, -0.05) is 63.9 Å². The van der Waals surface area contributed by atoms with Gasteiger partial charge in [0, 0.05) is 0 Å². The normalized spacial score (nSPS) is 11.9. The summed E-state index contributed by atoms with van der Waals surface area (Å²) in [6, 6.07) is 20.7. The number of carbonyl (C=O) groups is 1. The standard InChI is InChI=1S/C28H31FO3/c1-20(2)6-4-7-21(3)19-31-26-14-10-22(11-15-26)23-12-16-27(17-13-23)32-28(30)24-8-5-9-25(29)18-24/h5,8-18,20-21H,4,6-7,19H2,1-3H3. The van der Waals surface area contributed by atoms with E-state index in [0.717, 1.165) is 35.5 Å². The van der Waals surface area contributed by atoms with Crippen LogP contribution in [0.5, 0.6) is 11.5 Å². The van der Waals surface area contributed by atoms with Crippen LogP contribution in [0, 0.1) is 17.7 Å². The van der Waals surface area contributed by atoms with Crippen molar-refractivity contribution in [1.29, 1.82) is 0 Å². The maximum Gasteiger partial charge on any atom is 0.343 e. The van der Waals surface area contributed by atoms with E-state index in [2.05, 4.69) is 20.8 Å². The van der Waals surface area contributed by atoms with Gasteiger partial charge in [-0.05, 0) is 71.8 Å². The van der Waals surface area contributed by atoms with Gasteiger partial charge in [-0.3, -0.25) is 0 Å². The summed E-state index contributed by atoms with van der Waals surface area (Å²) < 4.78 is 24.6. The van der Waals surface area contributed by atoms with Gasteiger partial charge in [0.25, 0.3) is 0 Å². The summed E-state index contributed by atoms with van der Waals surface area (Å²) in [5.41, 5.74) is 2.23. The van der Waals surface area contributed by atoms with Crippen molar-refractivity contribution in [1.82, 2.24) is 0 Å². The van der Waals surface area contributed by atoms with Crippen molar-refractivity contribution in [3.8, 4) is 22.6 Å². The van der Waals surface area contributed by atoms with Crippen molar-refractivity contribution < 1.29 is 18.7 Å². The fraction of sp³-hybridized carbons (Fsp3) is 0.321. The lowest BCUT2D eigenvalue weighted by atomic mass is 10.0. The Kier molecular flexibility index (Phi) is 8.43. The van der Waals surface area contributed by atoms with Gasteiger partial charge >= 0.3 is 5.97 Å². The van der Waals surface area contributed by atoms with Gasteiger partial charge < -0.3 is 9.47 Å². The Hall–Kier alpha value is -3.14. The van der Waals surface area contributed by atoms with Gasteiger partial charge in [0.1, 0.15) is 17.3 Å². The van der Waals surface area contributed by atoms with Gasteiger partial charge in [0.2, 0.25) is 0 Å². The smallest absolute Gasteiger partial charge is 0.343 e. The quantitative estimate of drug-likeness (QED) is 0.244. The first-order valence-electron chi connectivity index (χ1n) is 11.2. The van der Waals surface area contributed by atoms with E-state index in [9.17, 15) is 9.18 Å². The molecule has 3 aromatic carbocycles. The highest BCUT2D eigenvalue weighted by molar-refractivity contribution is 5.91. The predicted octanol–water partition coefficient (Wildman–Crippen LogP) is 7.55. The largest absolute Gasteiger partial charge is 0.493 e. The maximum atomic E-state index is 13.3. The highest BCUT2D eigenvalue weighted by atomic mass is 19.1. The molecular formula is C28H31FO3. The molecule has 1 atom stereocenters. The first kappa shape index (κ1) is 23.5. The molecule has 168 valence electrons. The molecular weight excluding hydrogens is 403 g/mol. The molecule has 0 aliphatic rings. The summed E-state index contributed by atoms with van der Waals surface area (Å²) in [5, 5.41) is 0. The van der Waals surface area contributed by atoms with Crippen LogP contribution in [0.4, 0.5) is 4.39 Å². The van der Waals surface area contributed by atoms with Gasteiger partial charge in [0.15, 0.2) is 0 Å². The van der Waals surface area contributed by atoms with Crippen molar-refractivity contribution in [2.24, 2.45) is 11.8 Å². The number of esters is 1. The van der Waals surface area contributed by atoms with Crippen LogP contribution in [0.3, 0.4) is 0 Å². The highest BCUT2D eigenvalue weighted by Crippen LogP contribution is 2.25. The molecule has 0 heterocycles. The van der Waals surface area contributed by atoms with Crippen molar-refractivity contribution >= 4 is 5.97 Å². The number of halogens is 1. The molecule has 0 N–H and O–H groups in total. The first-order chi connectivity index (χ1) is 15.4. The Bertz CT molecular complexity index is 994. The van der Waals surface area contributed by atoms with E-state index in [1.54, 1.807) is 12.1 Å². The van der Waals surface area contributed by atoms with E-state index in [1.807, 2.05) is 36.4 Å². The minimum atomic E-state index is -0.586. The molecule has 3 nitrogen and oxygen atoms in total. The molecule has 1 unspecified atom stereocenters.